The smallest absolute Gasteiger partial charge is 0.335 e. The van der Waals surface area contributed by atoms with Crippen LogP contribution >= 0.6 is 0 Å². The predicted molar refractivity (Wildman–Crippen MR) is 76.6 cm³/mol. The minimum Gasteiger partial charge on any atom is -0.478 e. The molecule has 0 aliphatic carbocycles. The molecule has 4 nitrogen and oxygen atoms in total. The maximum absolute atomic E-state index is 11.1. The fourth-order valence-electron chi connectivity index (χ4n) is 2.37. The van der Waals surface area contributed by atoms with Crippen molar-refractivity contribution in [3.05, 3.63) is 35.5 Å². The quantitative estimate of drug-likeness (QED) is 0.839. The van der Waals surface area contributed by atoms with Crippen LogP contribution in [0.1, 0.15) is 35.7 Å². The molecule has 0 unspecified atom stereocenters. The molecule has 2 rings (SSSR count). The zero-order valence-corrected chi connectivity index (χ0v) is 11.2. The number of benzene rings is 1. The van der Waals surface area contributed by atoms with Gasteiger partial charge in [0.15, 0.2) is 0 Å². The third-order valence-corrected chi connectivity index (χ3v) is 3.38. The summed E-state index contributed by atoms with van der Waals surface area (Å²) in [6, 6.07) is 5.31. The topological polar surface area (TPSA) is 68.2 Å². The van der Waals surface area contributed by atoms with Crippen LogP contribution in [0.15, 0.2) is 24.4 Å². The van der Waals surface area contributed by atoms with Gasteiger partial charge in [0, 0.05) is 23.6 Å². The third-order valence-electron chi connectivity index (χ3n) is 3.38. The van der Waals surface area contributed by atoms with E-state index in [0.717, 1.165) is 36.7 Å². The van der Waals surface area contributed by atoms with Gasteiger partial charge >= 0.3 is 5.97 Å². The predicted octanol–water partition coefficient (Wildman–Crippen LogP) is 2.64. The summed E-state index contributed by atoms with van der Waals surface area (Å²) < 4.78 is 2.15. The Labute approximate surface area is 112 Å². The second kappa shape index (κ2) is 5.89. The molecule has 0 amide bonds. The van der Waals surface area contributed by atoms with Gasteiger partial charge in [0.2, 0.25) is 0 Å². The fraction of sp³-hybridized carbons (Fsp3) is 0.400. The van der Waals surface area contributed by atoms with Gasteiger partial charge in [-0.2, -0.15) is 0 Å². The zero-order chi connectivity index (χ0) is 13.8. The number of rotatable bonds is 6. The van der Waals surface area contributed by atoms with E-state index in [1.165, 1.54) is 5.56 Å². The number of carboxylic acids is 1. The highest BCUT2D eigenvalue weighted by Gasteiger charge is 2.11. The van der Waals surface area contributed by atoms with E-state index >= 15 is 0 Å². The third kappa shape index (κ3) is 2.79. The number of carboxylic acid groups (broad SMARTS) is 1. The summed E-state index contributed by atoms with van der Waals surface area (Å²) in [6.45, 7) is 3.67. The molecule has 1 aromatic carbocycles. The molecule has 0 aliphatic heterocycles. The Morgan fingerprint density at radius 3 is 2.84 bits per heavy atom. The molecular weight excluding hydrogens is 240 g/mol. The Bertz CT molecular complexity index is 587. The molecule has 0 atom stereocenters. The molecule has 0 fully saturated rings. The van der Waals surface area contributed by atoms with Crippen molar-refractivity contribution < 1.29 is 9.90 Å². The van der Waals surface area contributed by atoms with Crippen molar-refractivity contribution in [2.45, 2.75) is 32.7 Å². The lowest BCUT2D eigenvalue weighted by atomic mass is 10.1. The van der Waals surface area contributed by atoms with E-state index in [9.17, 15) is 4.79 Å². The fourth-order valence-corrected chi connectivity index (χ4v) is 2.37. The number of hydrogen-bond acceptors (Lipinski definition) is 2. The van der Waals surface area contributed by atoms with Crippen LogP contribution < -0.4 is 5.73 Å². The van der Waals surface area contributed by atoms with Gasteiger partial charge in [-0.15, -0.1) is 0 Å². The van der Waals surface area contributed by atoms with E-state index < -0.39 is 5.97 Å². The van der Waals surface area contributed by atoms with Crippen LogP contribution in [0.4, 0.5) is 0 Å². The number of unbranched alkanes of at least 4 members (excludes halogenated alkanes) is 1. The molecule has 0 aliphatic rings. The van der Waals surface area contributed by atoms with Gasteiger partial charge in [0.25, 0.3) is 0 Å². The normalized spacial score (nSPS) is 11.1. The van der Waals surface area contributed by atoms with Crippen LogP contribution in [0.2, 0.25) is 0 Å². The summed E-state index contributed by atoms with van der Waals surface area (Å²) in [7, 11) is 0. The van der Waals surface area contributed by atoms with Crippen molar-refractivity contribution >= 4 is 16.9 Å². The largest absolute Gasteiger partial charge is 0.478 e. The molecule has 1 aromatic heterocycles. The van der Waals surface area contributed by atoms with Crippen LogP contribution in [0.5, 0.6) is 0 Å². The molecule has 2 aromatic rings. The summed E-state index contributed by atoms with van der Waals surface area (Å²) in [6.07, 6.45) is 5.13. The Balaban J connectivity index is 2.51. The first-order valence-electron chi connectivity index (χ1n) is 6.72. The van der Waals surface area contributed by atoms with E-state index in [4.69, 9.17) is 10.8 Å². The SMILES string of the molecule is CCCCn1cc(CCN)c2ccc(C(=O)O)cc21. The molecule has 0 saturated carbocycles. The minimum atomic E-state index is -0.884. The number of hydrogen-bond donors (Lipinski definition) is 2. The summed E-state index contributed by atoms with van der Waals surface area (Å²) in [5, 5.41) is 10.2. The van der Waals surface area contributed by atoms with Crippen LogP contribution in [-0.4, -0.2) is 22.2 Å². The van der Waals surface area contributed by atoms with Gasteiger partial charge in [0.05, 0.1) is 5.56 Å². The monoisotopic (exact) mass is 260 g/mol. The molecule has 102 valence electrons. The highest BCUT2D eigenvalue weighted by molar-refractivity contribution is 5.94. The molecule has 1 heterocycles. The van der Waals surface area contributed by atoms with Gasteiger partial charge in [-0.25, -0.2) is 4.79 Å². The van der Waals surface area contributed by atoms with Gasteiger partial charge in [-0.3, -0.25) is 0 Å². The van der Waals surface area contributed by atoms with Crippen molar-refractivity contribution in [3.8, 4) is 0 Å². The van der Waals surface area contributed by atoms with Crippen LogP contribution in [-0.2, 0) is 13.0 Å². The number of nitrogens with two attached hydrogens (primary N) is 1. The highest BCUT2D eigenvalue weighted by Crippen LogP contribution is 2.24. The lowest BCUT2D eigenvalue weighted by Crippen LogP contribution is -2.02. The van der Waals surface area contributed by atoms with E-state index in [1.807, 2.05) is 6.07 Å². The van der Waals surface area contributed by atoms with Crippen molar-refractivity contribution in [1.29, 1.82) is 0 Å². The van der Waals surface area contributed by atoms with Gasteiger partial charge in [-0.05, 0) is 37.1 Å². The van der Waals surface area contributed by atoms with Crippen molar-refractivity contribution in [1.82, 2.24) is 4.57 Å². The van der Waals surface area contributed by atoms with Crippen LogP contribution in [0.25, 0.3) is 10.9 Å². The van der Waals surface area contributed by atoms with Gasteiger partial charge in [0.1, 0.15) is 0 Å². The Kier molecular flexibility index (Phi) is 4.22. The summed E-state index contributed by atoms with van der Waals surface area (Å²) in [5.74, 6) is -0.884. The summed E-state index contributed by atoms with van der Waals surface area (Å²) in [4.78, 5) is 11.1. The number of carbonyl (C=O) groups is 1. The maximum Gasteiger partial charge on any atom is 0.335 e. The van der Waals surface area contributed by atoms with Crippen LogP contribution in [0, 0.1) is 0 Å². The van der Waals surface area contributed by atoms with E-state index in [1.54, 1.807) is 12.1 Å². The van der Waals surface area contributed by atoms with Crippen LogP contribution in [0.3, 0.4) is 0 Å². The lowest BCUT2D eigenvalue weighted by molar-refractivity contribution is 0.0697. The van der Waals surface area contributed by atoms with Crippen molar-refractivity contribution in [2.24, 2.45) is 5.73 Å². The van der Waals surface area contributed by atoms with Gasteiger partial charge in [-0.1, -0.05) is 19.4 Å². The molecule has 0 bridgehead atoms. The molecule has 0 saturated heterocycles. The summed E-state index contributed by atoms with van der Waals surface area (Å²) >= 11 is 0. The molecule has 3 N–H and O–H groups in total. The first-order valence-corrected chi connectivity index (χ1v) is 6.72. The Morgan fingerprint density at radius 1 is 1.42 bits per heavy atom. The first kappa shape index (κ1) is 13.6. The van der Waals surface area contributed by atoms with Gasteiger partial charge < -0.3 is 15.4 Å². The molecule has 0 radical (unpaired) electrons. The van der Waals surface area contributed by atoms with Crippen molar-refractivity contribution in [3.63, 3.8) is 0 Å². The highest BCUT2D eigenvalue weighted by atomic mass is 16.4. The average Bonchev–Trinajstić information content (AvgIpc) is 2.74. The molecular formula is C15H20N2O2. The van der Waals surface area contributed by atoms with E-state index in [0.29, 0.717) is 12.1 Å². The number of aryl methyl sites for hydroxylation is 1. The second-order valence-electron chi connectivity index (χ2n) is 4.78. The summed E-state index contributed by atoms with van der Waals surface area (Å²) in [5.41, 5.74) is 8.17. The second-order valence-corrected chi connectivity index (χ2v) is 4.78. The standard InChI is InChI=1S/C15H20N2O2/c1-2-3-8-17-10-12(6-7-16)13-5-4-11(15(18)19)9-14(13)17/h4-5,9-10H,2-3,6-8,16H2,1H3,(H,18,19). The Hall–Kier alpha value is -1.81. The number of nitrogens with zero attached hydrogens (tertiary/aromatic N) is 1. The van der Waals surface area contributed by atoms with E-state index in [-0.39, 0.29) is 0 Å². The van der Waals surface area contributed by atoms with Crippen molar-refractivity contribution in [2.75, 3.05) is 6.54 Å². The minimum absolute atomic E-state index is 0.336. The average molecular weight is 260 g/mol. The number of aromatic carboxylic acids is 1. The molecule has 0 spiro atoms. The first-order chi connectivity index (χ1) is 9.17. The molecule has 4 heteroatoms. The Morgan fingerprint density at radius 2 is 2.21 bits per heavy atom. The maximum atomic E-state index is 11.1. The van der Waals surface area contributed by atoms with E-state index in [2.05, 4.69) is 17.7 Å². The lowest BCUT2D eigenvalue weighted by Gasteiger charge is -2.04. The number of fused-ring (bicyclic) bond motifs is 1. The molecule has 19 heavy (non-hydrogen) atoms. The number of aromatic nitrogens is 1. The zero-order valence-electron chi connectivity index (χ0n) is 11.2.